The maximum atomic E-state index is 12.3. The lowest BCUT2D eigenvalue weighted by Crippen LogP contribution is -2.28. The number of amides is 1. The molecule has 4 heteroatoms. The summed E-state index contributed by atoms with van der Waals surface area (Å²) < 4.78 is 5.16. The standard InChI is InChI=1S/C17H23NO3/c1-12(15-11-14(21-2)9-10-16(15)19)18-17(20)13-7-5-3-4-6-8-13/h7,9-12,19H,3-6,8H2,1-2H3,(H,18,20)/t12-/m1/s1. The quantitative estimate of drug-likeness (QED) is 0.892. The lowest BCUT2D eigenvalue weighted by atomic mass is 10.0. The molecule has 1 aliphatic rings. The van der Waals surface area contributed by atoms with E-state index in [0.29, 0.717) is 11.3 Å². The van der Waals surface area contributed by atoms with Gasteiger partial charge in [0.15, 0.2) is 0 Å². The molecule has 2 N–H and O–H groups in total. The van der Waals surface area contributed by atoms with Crippen molar-refractivity contribution in [1.29, 1.82) is 0 Å². The van der Waals surface area contributed by atoms with E-state index in [0.717, 1.165) is 31.3 Å². The molecular weight excluding hydrogens is 266 g/mol. The maximum Gasteiger partial charge on any atom is 0.247 e. The summed E-state index contributed by atoms with van der Waals surface area (Å²) in [5.41, 5.74) is 1.53. The summed E-state index contributed by atoms with van der Waals surface area (Å²) >= 11 is 0. The fourth-order valence-electron chi connectivity index (χ4n) is 2.59. The van der Waals surface area contributed by atoms with Crippen LogP contribution in [0.3, 0.4) is 0 Å². The zero-order valence-corrected chi connectivity index (χ0v) is 12.7. The van der Waals surface area contributed by atoms with Crippen molar-refractivity contribution < 1.29 is 14.6 Å². The van der Waals surface area contributed by atoms with Gasteiger partial charge in [-0.2, -0.15) is 0 Å². The van der Waals surface area contributed by atoms with Crippen LogP contribution in [-0.2, 0) is 4.79 Å². The Kier molecular flexibility index (Phi) is 5.26. The van der Waals surface area contributed by atoms with Crippen LogP contribution in [0.15, 0.2) is 29.8 Å². The third kappa shape index (κ3) is 4.00. The number of ether oxygens (including phenoxy) is 1. The number of nitrogens with one attached hydrogen (secondary N) is 1. The molecule has 21 heavy (non-hydrogen) atoms. The molecule has 0 spiro atoms. The lowest BCUT2D eigenvalue weighted by Gasteiger charge is -2.17. The van der Waals surface area contributed by atoms with E-state index in [4.69, 9.17) is 4.74 Å². The summed E-state index contributed by atoms with van der Waals surface area (Å²) in [5.74, 6) is 0.794. The molecule has 0 bridgehead atoms. The van der Waals surface area contributed by atoms with Gasteiger partial charge in [-0.3, -0.25) is 4.79 Å². The summed E-state index contributed by atoms with van der Waals surface area (Å²) in [6.07, 6.45) is 7.26. The van der Waals surface area contributed by atoms with E-state index in [1.165, 1.54) is 6.42 Å². The van der Waals surface area contributed by atoms with E-state index in [2.05, 4.69) is 5.32 Å². The Morgan fingerprint density at radius 3 is 2.90 bits per heavy atom. The molecule has 4 nitrogen and oxygen atoms in total. The second-order valence-electron chi connectivity index (χ2n) is 5.45. The number of carbonyl (C=O) groups excluding carboxylic acids is 1. The third-order valence-corrected chi connectivity index (χ3v) is 3.88. The summed E-state index contributed by atoms with van der Waals surface area (Å²) in [6.45, 7) is 1.86. The van der Waals surface area contributed by atoms with Gasteiger partial charge >= 0.3 is 0 Å². The van der Waals surface area contributed by atoms with E-state index in [9.17, 15) is 9.90 Å². The Balaban J connectivity index is 2.08. The van der Waals surface area contributed by atoms with Crippen LogP contribution in [0.25, 0.3) is 0 Å². The number of allylic oxidation sites excluding steroid dienone is 1. The minimum absolute atomic E-state index is 0.0355. The summed E-state index contributed by atoms with van der Waals surface area (Å²) in [4.78, 5) is 12.3. The van der Waals surface area contributed by atoms with Gasteiger partial charge in [0, 0.05) is 11.1 Å². The van der Waals surface area contributed by atoms with Crippen molar-refractivity contribution in [3.05, 3.63) is 35.4 Å². The van der Waals surface area contributed by atoms with Crippen LogP contribution in [0, 0.1) is 0 Å². The summed E-state index contributed by atoms with van der Waals surface area (Å²) in [6, 6.07) is 4.77. The van der Waals surface area contributed by atoms with Crippen molar-refractivity contribution in [2.75, 3.05) is 7.11 Å². The molecular formula is C17H23NO3. The highest BCUT2D eigenvalue weighted by Gasteiger charge is 2.17. The molecule has 1 atom stereocenters. The summed E-state index contributed by atoms with van der Waals surface area (Å²) in [5, 5.41) is 12.9. The van der Waals surface area contributed by atoms with Gasteiger partial charge in [0.25, 0.3) is 0 Å². The Bertz CT molecular complexity index is 537. The minimum Gasteiger partial charge on any atom is -0.508 e. The van der Waals surface area contributed by atoms with Crippen molar-refractivity contribution in [2.45, 2.75) is 45.1 Å². The number of rotatable bonds is 4. The second-order valence-corrected chi connectivity index (χ2v) is 5.45. The average Bonchev–Trinajstić information content (AvgIpc) is 2.76. The van der Waals surface area contributed by atoms with Gasteiger partial charge < -0.3 is 15.2 Å². The van der Waals surface area contributed by atoms with E-state index >= 15 is 0 Å². The molecule has 0 unspecified atom stereocenters. The molecule has 1 amide bonds. The molecule has 114 valence electrons. The normalized spacial score (nSPS) is 16.6. The molecule has 0 fully saturated rings. The van der Waals surface area contributed by atoms with Crippen LogP contribution in [0.4, 0.5) is 0 Å². The van der Waals surface area contributed by atoms with Gasteiger partial charge in [0.1, 0.15) is 11.5 Å². The number of aromatic hydroxyl groups is 1. The number of carbonyl (C=O) groups is 1. The number of hydrogen-bond acceptors (Lipinski definition) is 3. The van der Waals surface area contributed by atoms with Crippen molar-refractivity contribution in [1.82, 2.24) is 5.32 Å². The van der Waals surface area contributed by atoms with E-state index in [-0.39, 0.29) is 17.7 Å². The average molecular weight is 289 g/mol. The monoisotopic (exact) mass is 289 g/mol. The number of benzene rings is 1. The molecule has 0 heterocycles. The summed E-state index contributed by atoms with van der Waals surface area (Å²) in [7, 11) is 1.58. The molecule has 0 saturated heterocycles. The van der Waals surface area contributed by atoms with Gasteiger partial charge in [-0.1, -0.05) is 12.5 Å². The largest absolute Gasteiger partial charge is 0.508 e. The number of hydrogen-bond donors (Lipinski definition) is 2. The van der Waals surface area contributed by atoms with Crippen LogP contribution >= 0.6 is 0 Å². The lowest BCUT2D eigenvalue weighted by molar-refractivity contribution is -0.118. The molecule has 0 radical (unpaired) electrons. The van der Waals surface area contributed by atoms with Crippen LogP contribution < -0.4 is 10.1 Å². The first-order chi connectivity index (χ1) is 10.1. The topological polar surface area (TPSA) is 58.6 Å². The molecule has 1 aliphatic carbocycles. The van der Waals surface area contributed by atoms with Crippen molar-refractivity contribution in [2.24, 2.45) is 0 Å². The van der Waals surface area contributed by atoms with Crippen LogP contribution in [0.2, 0.25) is 0 Å². The van der Waals surface area contributed by atoms with Gasteiger partial charge in [0.2, 0.25) is 5.91 Å². The molecule has 2 rings (SSSR count). The Labute approximate surface area is 125 Å². The van der Waals surface area contributed by atoms with Gasteiger partial charge in [-0.05, 0) is 50.8 Å². The van der Waals surface area contributed by atoms with Crippen LogP contribution in [0.5, 0.6) is 11.5 Å². The van der Waals surface area contributed by atoms with Crippen molar-refractivity contribution >= 4 is 5.91 Å². The van der Waals surface area contributed by atoms with Gasteiger partial charge in [-0.15, -0.1) is 0 Å². The van der Waals surface area contributed by atoms with Gasteiger partial charge in [-0.25, -0.2) is 0 Å². The third-order valence-electron chi connectivity index (χ3n) is 3.88. The predicted molar refractivity (Wildman–Crippen MR) is 82.4 cm³/mol. The number of methoxy groups -OCH3 is 1. The fraction of sp³-hybridized carbons (Fsp3) is 0.471. The smallest absolute Gasteiger partial charge is 0.247 e. The molecule has 0 aliphatic heterocycles. The zero-order chi connectivity index (χ0) is 15.2. The first-order valence-corrected chi connectivity index (χ1v) is 7.48. The highest BCUT2D eigenvalue weighted by Crippen LogP contribution is 2.28. The molecule has 0 saturated carbocycles. The first-order valence-electron chi connectivity index (χ1n) is 7.48. The fourth-order valence-corrected chi connectivity index (χ4v) is 2.59. The van der Waals surface area contributed by atoms with E-state index in [1.54, 1.807) is 25.3 Å². The molecule has 1 aromatic rings. The number of phenols is 1. The SMILES string of the molecule is COc1ccc(O)c([C@@H](C)NC(=O)C2=CCCCCC2)c1. The van der Waals surface area contributed by atoms with Gasteiger partial charge in [0.05, 0.1) is 13.2 Å². The highest BCUT2D eigenvalue weighted by atomic mass is 16.5. The minimum atomic E-state index is -0.267. The Hall–Kier alpha value is -1.97. The maximum absolute atomic E-state index is 12.3. The van der Waals surface area contributed by atoms with E-state index in [1.807, 2.05) is 13.0 Å². The predicted octanol–water partition coefficient (Wildman–Crippen LogP) is 3.47. The van der Waals surface area contributed by atoms with Crippen LogP contribution in [-0.4, -0.2) is 18.1 Å². The van der Waals surface area contributed by atoms with E-state index < -0.39 is 0 Å². The van der Waals surface area contributed by atoms with Crippen LogP contribution in [0.1, 0.15) is 50.6 Å². The Morgan fingerprint density at radius 2 is 2.14 bits per heavy atom. The molecule has 1 aromatic carbocycles. The highest BCUT2D eigenvalue weighted by molar-refractivity contribution is 5.93. The van der Waals surface area contributed by atoms with Crippen molar-refractivity contribution in [3.63, 3.8) is 0 Å². The molecule has 0 aromatic heterocycles. The Morgan fingerprint density at radius 1 is 1.33 bits per heavy atom. The first kappa shape index (κ1) is 15.4. The number of phenolic OH excluding ortho intramolecular Hbond substituents is 1. The zero-order valence-electron chi connectivity index (χ0n) is 12.7. The second kappa shape index (κ2) is 7.16. The van der Waals surface area contributed by atoms with Crippen molar-refractivity contribution in [3.8, 4) is 11.5 Å².